The number of carbonyl (C=O) groups excluding carboxylic acids is 3. The van der Waals surface area contributed by atoms with Gasteiger partial charge < -0.3 is 33.1 Å². The highest BCUT2D eigenvalue weighted by Gasteiger charge is 2.61. The standard InChI is InChI=1S/C29H29O11P/c1-35-41(34,36-2)19-29(33)25(39-28(32)22-16-10-5-11-17-22)24(38-27(31)21-14-8-4-9-15-21)23(40-29)18-37-26(30)20-12-6-3-7-13-20/h3-17,23-25,33H,18-19H2,1-2H3/t23-,24?,25?,29-/m0/s1. The second kappa shape index (κ2) is 13.2. The molecule has 1 saturated heterocycles. The van der Waals surface area contributed by atoms with Gasteiger partial charge in [0.2, 0.25) is 5.79 Å². The quantitative estimate of drug-likeness (QED) is 0.199. The fourth-order valence-electron chi connectivity index (χ4n) is 4.22. The van der Waals surface area contributed by atoms with Gasteiger partial charge in [-0.15, -0.1) is 0 Å². The van der Waals surface area contributed by atoms with E-state index in [1.165, 1.54) is 24.3 Å². The SMILES string of the molecule is COP(=O)(C[C@]1(O)O[C@@H](COC(=O)c2ccccc2)C(OC(=O)c2ccccc2)C1OC(=O)c1ccccc1)OC. The molecule has 0 aromatic heterocycles. The van der Waals surface area contributed by atoms with Crippen molar-refractivity contribution in [2.75, 3.05) is 27.0 Å². The van der Waals surface area contributed by atoms with E-state index < -0.39 is 62.4 Å². The van der Waals surface area contributed by atoms with Gasteiger partial charge in [-0.05, 0) is 36.4 Å². The first kappa shape index (κ1) is 30.1. The summed E-state index contributed by atoms with van der Waals surface area (Å²) in [4.78, 5) is 38.9. The molecule has 12 heteroatoms. The van der Waals surface area contributed by atoms with E-state index in [9.17, 15) is 24.1 Å². The van der Waals surface area contributed by atoms with Crippen LogP contribution in [0, 0.1) is 0 Å². The minimum atomic E-state index is -3.99. The Hall–Kier alpha value is -3.86. The fraction of sp³-hybridized carbons (Fsp3) is 0.276. The highest BCUT2D eigenvalue weighted by molar-refractivity contribution is 7.53. The molecule has 1 aliphatic heterocycles. The van der Waals surface area contributed by atoms with Crippen LogP contribution in [0.1, 0.15) is 31.1 Å². The molecule has 0 aliphatic carbocycles. The summed E-state index contributed by atoms with van der Waals surface area (Å²) >= 11 is 0. The summed E-state index contributed by atoms with van der Waals surface area (Å²) < 4.78 is 45.7. The third kappa shape index (κ3) is 7.27. The van der Waals surface area contributed by atoms with Crippen LogP contribution in [0.25, 0.3) is 0 Å². The summed E-state index contributed by atoms with van der Waals surface area (Å²) in [5, 5.41) is 11.7. The van der Waals surface area contributed by atoms with Crippen LogP contribution in [0.4, 0.5) is 0 Å². The third-order valence-electron chi connectivity index (χ3n) is 6.33. The molecule has 41 heavy (non-hydrogen) atoms. The van der Waals surface area contributed by atoms with Crippen molar-refractivity contribution in [1.82, 2.24) is 0 Å². The second-order valence-corrected chi connectivity index (χ2v) is 11.3. The van der Waals surface area contributed by atoms with E-state index >= 15 is 0 Å². The lowest BCUT2D eigenvalue weighted by molar-refractivity contribution is -0.216. The highest BCUT2D eigenvalue weighted by Crippen LogP contribution is 2.52. The molecule has 1 fully saturated rings. The van der Waals surface area contributed by atoms with E-state index in [0.717, 1.165) is 14.2 Å². The molecule has 3 aromatic rings. The number of carbonyl (C=O) groups is 3. The normalized spacial score (nSPS) is 22.1. The van der Waals surface area contributed by atoms with Crippen LogP contribution in [0.2, 0.25) is 0 Å². The maximum atomic E-state index is 13.1. The van der Waals surface area contributed by atoms with Crippen LogP contribution in [0.3, 0.4) is 0 Å². The largest absolute Gasteiger partial charge is 0.459 e. The Balaban J connectivity index is 1.69. The first-order valence-corrected chi connectivity index (χ1v) is 14.3. The summed E-state index contributed by atoms with van der Waals surface area (Å²) in [7, 11) is -1.77. The average Bonchev–Trinajstić information content (AvgIpc) is 3.26. The number of hydrogen-bond donors (Lipinski definition) is 1. The number of aliphatic hydroxyl groups is 1. The molecule has 4 rings (SSSR count). The van der Waals surface area contributed by atoms with Crippen molar-refractivity contribution < 1.29 is 52.1 Å². The fourth-order valence-corrected chi connectivity index (χ4v) is 5.44. The summed E-state index contributed by atoms with van der Waals surface area (Å²) in [5.41, 5.74) is 0.535. The molecule has 1 N–H and O–H groups in total. The van der Waals surface area contributed by atoms with Crippen LogP contribution in [0.15, 0.2) is 91.0 Å². The van der Waals surface area contributed by atoms with Crippen LogP contribution in [-0.4, -0.2) is 74.1 Å². The lowest BCUT2D eigenvalue weighted by atomic mass is 10.1. The van der Waals surface area contributed by atoms with Gasteiger partial charge in [-0.25, -0.2) is 14.4 Å². The maximum Gasteiger partial charge on any atom is 0.338 e. The minimum Gasteiger partial charge on any atom is -0.459 e. The minimum absolute atomic E-state index is 0.128. The zero-order valence-electron chi connectivity index (χ0n) is 22.3. The molecule has 11 nitrogen and oxygen atoms in total. The van der Waals surface area contributed by atoms with Crippen molar-refractivity contribution in [1.29, 1.82) is 0 Å². The maximum absolute atomic E-state index is 13.1. The smallest absolute Gasteiger partial charge is 0.338 e. The predicted molar refractivity (Wildman–Crippen MR) is 144 cm³/mol. The number of esters is 3. The van der Waals surface area contributed by atoms with Crippen molar-refractivity contribution in [2.45, 2.75) is 24.1 Å². The Morgan fingerprint density at radius 3 is 1.66 bits per heavy atom. The molecule has 0 spiro atoms. The molecule has 3 aromatic carbocycles. The zero-order valence-corrected chi connectivity index (χ0v) is 23.2. The molecule has 4 atom stereocenters. The first-order chi connectivity index (χ1) is 19.7. The summed E-state index contributed by atoms with van der Waals surface area (Å²) in [5.74, 6) is -4.97. The van der Waals surface area contributed by atoms with Gasteiger partial charge in [0.05, 0.1) is 16.7 Å². The molecule has 0 saturated carbocycles. The van der Waals surface area contributed by atoms with E-state index in [2.05, 4.69) is 0 Å². The summed E-state index contributed by atoms with van der Waals surface area (Å²) in [6.07, 6.45) is -5.40. The van der Waals surface area contributed by atoms with Crippen LogP contribution in [0.5, 0.6) is 0 Å². The van der Waals surface area contributed by atoms with Crippen molar-refractivity contribution in [2.24, 2.45) is 0 Å². The molecule has 2 unspecified atom stereocenters. The molecule has 0 radical (unpaired) electrons. The van der Waals surface area contributed by atoms with Gasteiger partial charge in [0, 0.05) is 14.2 Å². The van der Waals surface area contributed by atoms with Crippen molar-refractivity contribution in [3.05, 3.63) is 108 Å². The van der Waals surface area contributed by atoms with Crippen LogP contribution >= 0.6 is 7.60 Å². The molecule has 0 amide bonds. The summed E-state index contributed by atoms with van der Waals surface area (Å²) in [6.45, 7) is -0.521. The molecule has 1 heterocycles. The Kier molecular flexibility index (Phi) is 9.69. The molecule has 0 bridgehead atoms. The van der Waals surface area contributed by atoms with Gasteiger partial charge in [-0.3, -0.25) is 4.57 Å². The lowest BCUT2D eigenvalue weighted by Gasteiger charge is -2.31. The van der Waals surface area contributed by atoms with Gasteiger partial charge in [0.1, 0.15) is 18.9 Å². The van der Waals surface area contributed by atoms with Gasteiger partial charge in [0.15, 0.2) is 12.2 Å². The zero-order chi connectivity index (χ0) is 29.5. The van der Waals surface area contributed by atoms with E-state index in [1.54, 1.807) is 66.7 Å². The average molecular weight is 585 g/mol. The first-order valence-electron chi connectivity index (χ1n) is 12.5. The monoisotopic (exact) mass is 584 g/mol. The van der Waals surface area contributed by atoms with Crippen LogP contribution < -0.4 is 0 Å². The summed E-state index contributed by atoms with van der Waals surface area (Å²) in [6, 6.07) is 23.9. The molecular weight excluding hydrogens is 555 g/mol. The van der Waals surface area contributed by atoms with Gasteiger partial charge >= 0.3 is 25.5 Å². The van der Waals surface area contributed by atoms with Gasteiger partial charge in [-0.1, -0.05) is 54.6 Å². The van der Waals surface area contributed by atoms with Crippen molar-refractivity contribution >= 4 is 25.5 Å². The lowest BCUT2D eigenvalue weighted by Crippen LogP contribution is -2.50. The Morgan fingerprint density at radius 2 is 1.20 bits per heavy atom. The third-order valence-corrected chi connectivity index (χ3v) is 8.28. The Labute approximate surface area is 236 Å². The van der Waals surface area contributed by atoms with E-state index in [1.807, 2.05) is 0 Å². The highest BCUT2D eigenvalue weighted by atomic mass is 31.2. The second-order valence-electron chi connectivity index (χ2n) is 9.03. The topological polar surface area (TPSA) is 144 Å². The molecule has 216 valence electrons. The number of ether oxygens (including phenoxy) is 4. The van der Waals surface area contributed by atoms with Crippen LogP contribution in [-0.2, 0) is 32.6 Å². The molecular formula is C29H29O11P. The van der Waals surface area contributed by atoms with Crippen molar-refractivity contribution in [3.63, 3.8) is 0 Å². The van der Waals surface area contributed by atoms with Crippen molar-refractivity contribution in [3.8, 4) is 0 Å². The Bertz CT molecular complexity index is 1380. The van der Waals surface area contributed by atoms with Gasteiger partial charge in [-0.2, -0.15) is 0 Å². The number of rotatable bonds is 11. The molecule has 1 aliphatic rings. The Morgan fingerprint density at radius 1 is 0.756 bits per heavy atom. The van der Waals surface area contributed by atoms with E-state index in [4.69, 9.17) is 28.0 Å². The van der Waals surface area contributed by atoms with E-state index in [-0.39, 0.29) is 16.7 Å². The predicted octanol–water partition coefficient (Wildman–Crippen LogP) is 3.87. The van der Waals surface area contributed by atoms with Gasteiger partial charge in [0.25, 0.3) is 0 Å². The van der Waals surface area contributed by atoms with E-state index in [0.29, 0.717) is 0 Å². The number of benzene rings is 3. The number of hydrogen-bond acceptors (Lipinski definition) is 11.